The van der Waals surface area contributed by atoms with Crippen molar-refractivity contribution in [2.45, 2.75) is 4.90 Å². The highest BCUT2D eigenvalue weighted by Crippen LogP contribution is 2.18. The van der Waals surface area contributed by atoms with Crippen molar-refractivity contribution < 1.29 is 13.3 Å². The van der Waals surface area contributed by atoms with Crippen molar-refractivity contribution >= 4 is 15.5 Å². The van der Waals surface area contributed by atoms with Gasteiger partial charge in [-0.05, 0) is 6.07 Å². The minimum absolute atomic E-state index is 0.111. The number of rotatable bonds is 4. The summed E-state index contributed by atoms with van der Waals surface area (Å²) < 4.78 is 23.2. The van der Waals surface area contributed by atoms with E-state index in [0.29, 0.717) is 0 Å². The summed E-state index contributed by atoms with van der Waals surface area (Å²) in [6, 6.07) is 4.88. The number of non-ortho nitro benzene ring substituents is 1. The van der Waals surface area contributed by atoms with Crippen LogP contribution in [0.1, 0.15) is 0 Å². The Labute approximate surface area is 92.8 Å². The average molecular weight is 239 g/mol. The summed E-state index contributed by atoms with van der Waals surface area (Å²) in [5.74, 6) is 0. The normalized spacial score (nSPS) is 11.5. The van der Waals surface area contributed by atoms with E-state index >= 15 is 0 Å². The predicted octanol–water partition coefficient (Wildman–Crippen LogP) is 2.07. The lowest BCUT2D eigenvalue weighted by Crippen LogP contribution is -1.97. The molecule has 1 rings (SSSR count). The predicted molar refractivity (Wildman–Crippen MR) is 59.6 cm³/mol. The van der Waals surface area contributed by atoms with Crippen LogP contribution in [0.5, 0.6) is 0 Å². The Balaban J connectivity index is 3.24. The minimum atomic E-state index is -3.63. The van der Waals surface area contributed by atoms with Gasteiger partial charge in [-0.3, -0.25) is 10.1 Å². The van der Waals surface area contributed by atoms with E-state index in [1.54, 1.807) is 0 Å². The molecule has 0 aliphatic rings. The van der Waals surface area contributed by atoms with Crippen LogP contribution in [-0.2, 0) is 9.84 Å². The molecule has 0 N–H and O–H groups in total. The van der Waals surface area contributed by atoms with Crippen LogP contribution in [0.15, 0.2) is 53.3 Å². The largest absolute Gasteiger partial charge is 0.270 e. The number of nitrogens with zero attached hydrogens (tertiary/aromatic N) is 1. The van der Waals surface area contributed by atoms with Crippen LogP contribution in [0.3, 0.4) is 0 Å². The molecule has 1 aromatic carbocycles. The molecule has 0 unspecified atom stereocenters. The lowest BCUT2D eigenvalue weighted by atomic mass is 10.3. The molecule has 0 atom stereocenters. The molecule has 0 radical (unpaired) electrons. The van der Waals surface area contributed by atoms with Gasteiger partial charge >= 0.3 is 0 Å². The van der Waals surface area contributed by atoms with Crippen LogP contribution in [0, 0.1) is 10.1 Å². The van der Waals surface area contributed by atoms with Crippen molar-refractivity contribution in [1.29, 1.82) is 0 Å². The van der Waals surface area contributed by atoms with Crippen molar-refractivity contribution in [2.75, 3.05) is 0 Å². The Bertz CT molecular complexity index is 546. The Kier molecular flexibility index (Phi) is 3.57. The smallest absolute Gasteiger partial charge is 0.258 e. The Morgan fingerprint density at radius 1 is 1.38 bits per heavy atom. The molecular formula is C10H9NO4S. The van der Waals surface area contributed by atoms with E-state index in [0.717, 1.165) is 11.5 Å². The molecule has 0 bridgehead atoms. The maximum absolute atomic E-state index is 11.6. The zero-order valence-electron chi connectivity index (χ0n) is 8.24. The second-order valence-corrected chi connectivity index (χ2v) is 4.70. The first-order valence-electron chi connectivity index (χ1n) is 4.26. The molecule has 0 aromatic heterocycles. The van der Waals surface area contributed by atoms with E-state index in [9.17, 15) is 18.5 Å². The van der Waals surface area contributed by atoms with E-state index in [-0.39, 0.29) is 10.6 Å². The first-order valence-corrected chi connectivity index (χ1v) is 5.80. The quantitative estimate of drug-likeness (QED) is 0.457. The average Bonchev–Trinajstić information content (AvgIpc) is 2.26. The standard InChI is InChI=1S/C10H9NO4S/c1-2-3-7-16(14,15)10-6-4-5-9(8-10)11(12)13/h2-8H,1H2. The van der Waals surface area contributed by atoms with Crippen LogP contribution in [-0.4, -0.2) is 13.3 Å². The highest BCUT2D eigenvalue weighted by Gasteiger charge is 2.14. The van der Waals surface area contributed by atoms with Crippen molar-refractivity contribution in [1.82, 2.24) is 0 Å². The van der Waals surface area contributed by atoms with Gasteiger partial charge in [0.1, 0.15) is 0 Å². The Morgan fingerprint density at radius 3 is 2.62 bits per heavy atom. The fourth-order valence-electron chi connectivity index (χ4n) is 1.01. The highest BCUT2D eigenvalue weighted by atomic mass is 32.2. The fraction of sp³-hybridized carbons (Fsp3) is 0. The number of allylic oxidation sites excluding steroid dienone is 2. The minimum Gasteiger partial charge on any atom is -0.258 e. The molecule has 0 heterocycles. The van der Waals surface area contributed by atoms with Crippen molar-refractivity contribution in [3.05, 3.63) is 58.5 Å². The maximum Gasteiger partial charge on any atom is 0.270 e. The van der Waals surface area contributed by atoms with Gasteiger partial charge < -0.3 is 0 Å². The highest BCUT2D eigenvalue weighted by molar-refractivity contribution is 7.94. The summed E-state index contributed by atoms with van der Waals surface area (Å²) >= 11 is 0. The van der Waals surface area contributed by atoms with E-state index in [1.165, 1.54) is 30.4 Å². The number of benzene rings is 1. The van der Waals surface area contributed by atoms with Gasteiger partial charge in [0.15, 0.2) is 9.84 Å². The molecule has 0 aliphatic carbocycles. The topological polar surface area (TPSA) is 77.3 Å². The second-order valence-electron chi connectivity index (χ2n) is 2.86. The Hall–Kier alpha value is -1.95. The van der Waals surface area contributed by atoms with Crippen LogP contribution >= 0.6 is 0 Å². The number of nitro benzene ring substituents is 1. The molecule has 0 saturated heterocycles. The lowest BCUT2D eigenvalue weighted by Gasteiger charge is -1.98. The summed E-state index contributed by atoms with van der Waals surface area (Å²) in [5, 5.41) is 11.4. The molecule has 0 saturated carbocycles. The number of sulfone groups is 1. The molecule has 5 nitrogen and oxygen atoms in total. The van der Waals surface area contributed by atoms with Crippen LogP contribution < -0.4 is 0 Å². The zero-order valence-corrected chi connectivity index (χ0v) is 9.05. The number of hydrogen-bond donors (Lipinski definition) is 0. The van der Waals surface area contributed by atoms with Gasteiger partial charge in [0.05, 0.1) is 9.82 Å². The summed E-state index contributed by atoms with van der Waals surface area (Å²) in [6.45, 7) is 3.34. The fourth-order valence-corrected chi connectivity index (χ4v) is 2.04. The van der Waals surface area contributed by atoms with Crippen LogP contribution in [0.25, 0.3) is 0 Å². The van der Waals surface area contributed by atoms with Gasteiger partial charge in [0.2, 0.25) is 0 Å². The van der Waals surface area contributed by atoms with Gasteiger partial charge in [0.25, 0.3) is 5.69 Å². The van der Waals surface area contributed by atoms with Crippen LogP contribution in [0.4, 0.5) is 5.69 Å². The monoisotopic (exact) mass is 239 g/mol. The van der Waals surface area contributed by atoms with Crippen molar-refractivity contribution in [3.8, 4) is 0 Å². The molecule has 16 heavy (non-hydrogen) atoms. The summed E-state index contributed by atoms with van der Waals surface area (Å²) in [7, 11) is -3.63. The van der Waals surface area contributed by atoms with Gasteiger partial charge in [-0.2, -0.15) is 0 Å². The molecule has 0 amide bonds. The molecule has 0 aliphatic heterocycles. The number of hydrogen-bond acceptors (Lipinski definition) is 4. The maximum atomic E-state index is 11.6. The Morgan fingerprint density at radius 2 is 2.06 bits per heavy atom. The molecule has 0 spiro atoms. The van der Waals surface area contributed by atoms with Gasteiger partial charge in [0, 0.05) is 17.5 Å². The third-order valence-electron chi connectivity index (χ3n) is 1.75. The summed E-state index contributed by atoms with van der Waals surface area (Å²) in [6.07, 6.45) is 2.57. The van der Waals surface area contributed by atoms with Crippen molar-refractivity contribution in [3.63, 3.8) is 0 Å². The van der Waals surface area contributed by atoms with Crippen molar-refractivity contribution in [2.24, 2.45) is 0 Å². The van der Waals surface area contributed by atoms with E-state index in [1.807, 2.05) is 0 Å². The van der Waals surface area contributed by atoms with E-state index in [2.05, 4.69) is 6.58 Å². The summed E-state index contributed by atoms with van der Waals surface area (Å²) in [5.41, 5.74) is -0.256. The zero-order chi connectivity index (χ0) is 12.2. The SMILES string of the molecule is C=CC=CS(=O)(=O)c1cccc([N+](=O)[O-])c1. The second kappa shape index (κ2) is 4.71. The lowest BCUT2D eigenvalue weighted by molar-refractivity contribution is -0.385. The van der Waals surface area contributed by atoms with Gasteiger partial charge in [-0.15, -0.1) is 0 Å². The molecule has 6 heteroatoms. The molecule has 0 fully saturated rings. The van der Waals surface area contributed by atoms with Crippen LogP contribution in [0.2, 0.25) is 0 Å². The molecule has 1 aromatic rings. The summed E-state index contributed by atoms with van der Waals surface area (Å²) in [4.78, 5) is 9.72. The third kappa shape index (κ3) is 2.77. The van der Waals surface area contributed by atoms with E-state index < -0.39 is 14.8 Å². The number of nitro groups is 1. The molecular weight excluding hydrogens is 230 g/mol. The van der Waals surface area contributed by atoms with E-state index in [4.69, 9.17) is 0 Å². The third-order valence-corrected chi connectivity index (χ3v) is 3.18. The first-order chi connectivity index (χ1) is 7.47. The first kappa shape index (κ1) is 12.1. The molecule has 84 valence electrons. The van der Waals surface area contributed by atoms with Gasteiger partial charge in [-0.1, -0.05) is 24.8 Å². The van der Waals surface area contributed by atoms with Gasteiger partial charge in [-0.25, -0.2) is 8.42 Å².